The summed E-state index contributed by atoms with van der Waals surface area (Å²) in [5, 5.41) is 0. The van der Waals surface area contributed by atoms with Gasteiger partial charge < -0.3 is 15.2 Å². The number of carbonyl (C=O) groups excluding carboxylic acids is 1. The SMILES string of the molecule is CCN(C)CC/C(=C\c1ccc(-c2nc3c(=O)n(C4CCCCC4)c(=O)n(C4CCCCC4)c3n2C)cc1)C(N)=O. The number of rotatable bonds is 9. The van der Waals surface area contributed by atoms with Gasteiger partial charge in [0.05, 0.1) is 0 Å². The molecule has 2 fully saturated rings. The summed E-state index contributed by atoms with van der Waals surface area (Å²) >= 11 is 0. The van der Waals surface area contributed by atoms with E-state index in [2.05, 4.69) is 11.8 Å². The maximum atomic E-state index is 14.1. The van der Waals surface area contributed by atoms with Crippen molar-refractivity contribution in [2.24, 2.45) is 12.8 Å². The first-order valence-electron chi connectivity index (χ1n) is 15.3. The molecular weight excluding hydrogens is 516 g/mol. The first kappa shape index (κ1) is 29.0. The number of aromatic nitrogens is 4. The molecule has 2 aromatic heterocycles. The van der Waals surface area contributed by atoms with Crippen LogP contribution in [-0.2, 0) is 11.8 Å². The predicted octanol–water partition coefficient (Wildman–Crippen LogP) is 4.78. The Balaban J connectivity index is 1.57. The number of carbonyl (C=O) groups is 1. The molecule has 220 valence electrons. The van der Waals surface area contributed by atoms with E-state index in [9.17, 15) is 14.4 Å². The second kappa shape index (κ2) is 12.6. The smallest absolute Gasteiger partial charge is 0.333 e. The Morgan fingerprint density at radius 2 is 1.56 bits per heavy atom. The fourth-order valence-corrected chi connectivity index (χ4v) is 6.57. The third-order valence-electron chi connectivity index (χ3n) is 9.14. The molecule has 1 amide bonds. The van der Waals surface area contributed by atoms with Crippen molar-refractivity contribution >= 4 is 23.1 Å². The molecule has 0 unspecified atom stereocenters. The third kappa shape index (κ3) is 5.96. The number of hydrogen-bond donors (Lipinski definition) is 1. The molecule has 0 atom stereocenters. The van der Waals surface area contributed by atoms with Gasteiger partial charge in [0.1, 0.15) is 5.82 Å². The van der Waals surface area contributed by atoms with Gasteiger partial charge in [-0.3, -0.25) is 18.7 Å². The van der Waals surface area contributed by atoms with Gasteiger partial charge in [-0.05, 0) is 57.3 Å². The highest BCUT2D eigenvalue weighted by Gasteiger charge is 2.29. The van der Waals surface area contributed by atoms with Crippen molar-refractivity contribution in [2.75, 3.05) is 20.1 Å². The molecule has 1 aromatic carbocycles. The van der Waals surface area contributed by atoms with Crippen LogP contribution in [0.25, 0.3) is 28.6 Å². The highest BCUT2D eigenvalue weighted by Crippen LogP contribution is 2.32. The van der Waals surface area contributed by atoms with E-state index in [0.717, 1.165) is 82.0 Å². The second-order valence-electron chi connectivity index (χ2n) is 11.9. The van der Waals surface area contributed by atoms with E-state index in [4.69, 9.17) is 10.7 Å². The second-order valence-corrected chi connectivity index (χ2v) is 11.9. The average Bonchev–Trinajstić information content (AvgIpc) is 3.33. The Bertz CT molecular complexity index is 1530. The van der Waals surface area contributed by atoms with Gasteiger partial charge in [-0.2, -0.15) is 0 Å². The Kier molecular flexibility index (Phi) is 8.92. The van der Waals surface area contributed by atoms with E-state index in [1.54, 1.807) is 0 Å². The van der Waals surface area contributed by atoms with Crippen LogP contribution in [0.15, 0.2) is 39.4 Å². The fourth-order valence-electron chi connectivity index (χ4n) is 6.57. The van der Waals surface area contributed by atoms with Gasteiger partial charge in [0, 0.05) is 36.8 Å². The summed E-state index contributed by atoms with van der Waals surface area (Å²) in [5.41, 5.74) is 8.52. The van der Waals surface area contributed by atoms with Gasteiger partial charge in [0.15, 0.2) is 11.2 Å². The van der Waals surface area contributed by atoms with E-state index in [0.29, 0.717) is 29.0 Å². The molecule has 2 N–H and O–H groups in total. The largest absolute Gasteiger partial charge is 0.366 e. The van der Waals surface area contributed by atoms with Crippen LogP contribution in [0, 0.1) is 0 Å². The Labute approximate surface area is 241 Å². The van der Waals surface area contributed by atoms with E-state index in [-0.39, 0.29) is 23.3 Å². The molecule has 0 radical (unpaired) electrons. The van der Waals surface area contributed by atoms with Crippen LogP contribution >= 0.6 is 0 Å². The van der Waals surface area contributed by atoms with Gasteiger partial charge >= 0.3 is 5.69 Å². The molecule has 2 aliphatic rings. The summed E-state index contributed by atoms with van der Waals surface area (Å²) in [4.78, 5) is 47.0. The molecule has 9 nitrogen and oxygen atoms in total. The van der Waals surface area contributed by atoms with Crippen molar-refractivity contribution in [3.05, 3.63) is 56.2 Å². The lowest BCUT2D eigenvalue weighted by molar-refractivity contribution is -0.114. The minimum Gasteiger partial charge on any atom is -0.366 e. The van der Waals surface area contributed by atoms with Crippen molar-refractivity contribution < 1.29 is 4.79 Å². The highest BCUT2D eigenvalue weighted by atomic mass is 16.2. The number of primary amides is 1. The summed E-state index contributed by atoms with van der Waals surface area (Å²) in [6.45, 7) is 3.73. The Hall–Kier alpha value is -3.46. The fraction of sp³-hybridized carbons (Fsp3) is 0.562. The lowest BCUT2D eigenvalue weighted by Crippen LogP contribution is -2.44. The van der Waals surface area contributed by atoms with Gasteiger partial charge in [0.25, 0.3) is 5.56 Å². The maximum Gasteiger partial charge on any atom is 0.333 e. The number of hydrogen-bond acceptors (Lipinski definition) is 5. The average molecular weight is 561 g/mol. The summed E-state index contributed by atoms with van der Waals surface area (Å²) in [6, 6.07) is 7.80. The number of fused-ring (bicyclic) bond motifs is 1. The van der Waals surface area contributed by atoms with Crippen LogP contribution in [0.4, 0.5) is 0 Å². The van der Waals surface area contributed by atoms with E-state index >= 15 is 0 Å². The van der Waals surface area contributed by atoms with Crippen molar-refractivity contribution in [1.82, 2.24) is 23.6 Å². The summed E-state index contributed by atoms with van der Waals surface area (Å²) in [6.07, 6.45) is 12.6. The van der Waals surface area contributed by atoms with Crippen molar-refractivity contribution in [2.45, 2.75) is 89.6 Å². The van der Waals surface area contributed by atoms with Crippen LogP contribution in [0.1, 0.15) is 95.2 Å². The standard InChI is InChI=1S/C32H44N6O3/c1-4-35(2)20-19-24(28(33)39)21-22-15-17-23(18-16-22)29-34-27-30(36(29)3)37(25-11-7-5-8-12-25)32(41)38(31(27)40)26-13-9-6-10-14-26/h15-18,21,25-26H,4-14,19-20H2,1-3H3,(H2,33,39)/b24-21+. The summed E-state index contributed by atoms with van der Waals surface area (Å²) < 4.78 is 5.34. The van der Waals surface area contributed by atoms with Gasteiger partial charge in [-0.15, -0.1) is 0 Å². The normalized spacial score (nSPS) is 17.5. The van der Waals surface area contributed by atoms with Crippen LogP contribution in [0.5, 0.6) is 0 Å². The number of imidazole rings is 1. The van der Waals surface area contributed by atoms with E-state index in [1.807, 2.05) is 53.6 Å². The van der Waals surface area contributed by atoms with Gasteiger partial charge in [-0.25, -0.2) is 9.78 Å². The molecule has 0 bridgehead atoms. The first-order valence-corrected chi connectivity index (χ1v) is 15.3. The molecular formula is C32H44N6O3. The van der Waals surface area contributed by atoms with Crippen LogP contribution < -0.4 is 17.0 Å². The summed E-state index contributed by atoms with van der Waals surface area (Å²) in [5.74, 6) is 0.238. The zero-order chi connectivity index (χ0) is 29.1. The molecule has 2 heterocycles. The minimum atomic E-state index is -0.413. The minimum absolute atomic E-state index is 0.0592. The third-order valence-corrected chi connectivity index (χ3v) is 9.14. The number of nitrogens with zero attached hydrogens (tertiary/aromatic N) is 5. The van der Waals surface area contributed by atoms with Gasteiger partial charge in [-0.1, -0.05) is 69.7 Å². The van der Waals surface area contributed by atoms with E-state index in [1.165, 1.54) is 11.0 Å². The molecule has 0 saturated heterocycles. The predicted molar refractivity (Wildman–Crippen MR) is 164 cm³/mol. The number of aryl methyl sites for hydroxylation is 1. The zero-order valence-corrected chi connectivity index (χ0v) is 24.8. The molecule has 3 aromatic rings. The van der Waals surface area contributed by atoms with Crippen molar-refractivity contribution in [3.8, 4) is 11.4 Å². The quantitative estimate of drug-likeness (QED) is 0.379. The highest BCUT2D eigenvalue weighted by molar-refractivity contribution is 5.96. The maximum absolute atomic E-state index is 14.1. The number of nitrogens with two attached hydrogens (primary N) is 1. The molecule has 0 aliphatic heterocycles. The van der Waals surface area contributed by atoms with Crippen LogP contribution in [-0.4, -0.2) is 49.6 Å². The monoisotopic (exact) mass is 560 g/mol. The lowest BCUT2D eigenvalue weighted by atomic mass is 9.94. The Morgan fingerprint density at radius 1 is 0.976 bits per heavy atom. The molecule has 0 spiro atoms. The zero-order valence-electron chi connectivity index (χ0n) is 24.8. The van der Waals surface area contributed by atoms with Crippen molar-refractivity contribution in [1.29, 1.82) is 0 Å². The number of amides is 1. The van der Waals surface area contributed by atoms with Crippen LogP contribution in [0.2, 0.25) is 0 Å². The molecule has 2 aliphatic carbocycles. The topological polar surface area (TPSA) is 108 Å². The molecule has 41 heavy (non-hydrogen) atoms. The molecule has 9 heteroatoms. The Morgan fingerprint density at radius 3 is 2.12 bits per heavy atom. The first-order chi connectivity index (χ1) is 19.8. The number of benzene rings is 1. The van der Waals surface area contributed by atoms with Crippen LogP contribution in [0.3, 0.4) is 0 Å². The van der Waals surface area contributed by atoms with Gasteiger partial charge in [0.2, 0.25) is 5.91 Å². The molecule has 5 rings (SSSR count). The van der Waals surface area contributed by atoms with E-state index < -0.39 is 5.91 Å². The summed E-state index contributed by atoms with van der Waals surface area (Å²) in [7, 11) is 3.92. The molecule has 2 saturated carbocycles. The lowest BCUT2D eigenvalue weighted by Gasteiger charge is -2.28. The van der Waals surface area contributed by atoms with Crippen molar-refractivity contribution in [3.63, 3.8) is 0 Å².